The minimum atomic E-state index is -0.591. The Bertz CT molecular complexity index is 4460. The summed E-state index contributed by atoms with van der Waals surface area (Å²) in [6.45, 7) is 46.0. The number of para-hydroxylation sites is 1. The van der Waals surface area contributed by atoms with Gasteiger partial charge in [0.15, 0.2) is 6.04 Å². The van der Waals surface area contributed by atoms with Crippen LogP contribution >= 0.6 is 0 Å². The Hall–Kier alpha value is -8.74. The first-order chi connectivity index (χ1) is 60.9. The van der Waals surface area contributed by atoms with Crippen molar-refractivity contribution in [2.75, 3.05) is 78.5 Å². The summed E-state index contributed by atoms with van der Waals surface area (Å²) in [6.07, 6.45) is 6.98. The zero-order chi connectivity index (χ0) is 92.8. The predicted molar refractivity (Wildman–Crippen MR) is 507 cm³/mol. The number of hydrogen-bond acceptors (Lipinski definition) is 15. The second-order valence-electron chi connectivity index (χ2n) is 39.7. The van der Waals surface area contributed by atoms with Gasteiger partial charge in [-0.05, 0) is 154 Å². The maximum Gasteiger partial charge on any atom is 0.408 e. The summed E-state index contributed by atoms with van der Waals surface area (Å²) in [7, 11) is 0. The van der Waals surface area contributed by atoms with E-state index in [4.69, 9.17) is 14.2 Å². The van der Waals surface area contributed by atoms with Gasteiger partial charge < -0.3 is 128 Å². The lowest BCUT2D eigenvalue weighted by Crippen LogP contribution is -3.09. The molecule has 0 bridgehead atoms. The number of amides is 7. The highest BCUT2D eigenvalue weighted by atomic mass is 35.5. The number of hydrogen-bond donors (Lipinski definition) is 12. The van der Waals surface area contributed by atoms with Crippen molar-refractivity contribution in [3.8, 4) is 0 Å². The van der Waals surface area contributed by atoms with Crippen molar-refractivity contribution in [2.24, 2.45) is 17.8 Å². The number of likely N-dealkylation sites (tertiary alicyclic amines) is 5. The number of fused-ring (bicyclic) bond motifs is 1. The van der Waals surface area contributed by atoms with Crippen LogP contribution in [0.3, 0.4) is 0 Å². The highest BCUT2D eigenvalue weighted by Crippen LogP contribution is 2.21. The van der Waals surface area contributed by atoms with Gasteiger partial charge in [0.2, 0.25) is 11.8 Å². The Balaban J connectivity index is 0.000000339. The average molecular weight is 1910 g/mol. The first-order valence-electron chi connectivity index (χ1n) is 46.9. The number of alkyl carbamates (subject to hydrolysis) is 3. The molecule has 11 unspecified atom stereocenters. The summed E-state index contributed by atoms with van der Waals surface area (Å²) in [5.41, 5.74) is 14.4. The number of aromatic nitrogens is 1. The van der Waals surface area contributed by atoms with Gasteiger partial charge in [0.1, 0.15) is 60.3 Å². The quantitative estimate of drug-likeness (QED) is 0.0236. The summed E-state index contributed by atoms with van der Waals surface area (Å²) < 4.78 is 15.7. The molecule has 6 fully saturated rings. The predicted octanol–water partition coefficient (Wildman–Crippen LogP) is -2.54. The van der Waals surface area contributed by atoms with E-state index in [-0.39, 0.29) is 127 Å². The van der Waals surface area contributed by atoms with Crippen LogP contribution in [0.1, 0.15) is 200 Å². The summed E-state index contributed by atoms with van der Waals surface area (Å²) in [5.74, 6) is 0.610. The molecule has 30 heteroatoms. The third-order valence-corrected chi connectivity index (χ3v) is 22.6. The van der Waals surface area contributed by atoms with Crippen LogP contribution in [0.5, 0.6) is 0 Å². The third kappa shape index (κ3) is 46.5. The van der Waals surface area contributed by atoms with Gasteiger partial charge in [-0.25, -0.2) is 19.4 Å². The van der Waals surface area contributed by atoms with Crippen LogP contribution in [-0.2, 0) is 61.3 Å². The molecular formula is C102H156Cl4N16O10. The normalized spacial score (nSPS) is 20.0. The Morgan fingerprint density at radius 1 is 0.417 bits per heavy atom. The fourth-order valence-corrected chi connectivity index (χ4v) is 16.6. The molecule has 7 aromatic rings. The smallest absolute Gasteiger partial charge is 0.408 e. The molecule has 6 aromatic carbocycles. The van der Waals surface area contributed by atoms with Crippen LogP contribution in [0, 0.1) is 17.8 Å². The topological polar surface area (TPSA) is 330 Å². The summed E-state index contributed by atoms with van der Waals surface area (Å²) in [4.78, 5) is 101. The van der Waals surface area contributed by atoms with Gasteiger partial charge in [-0.15, -0.1) is 0 Å². The molecule has 0 aliphatic carbocycles. The highest BCUT2D eigenvalue weighted by Gasteiger charge is 2.35. The second-order valence-corrected chi connectivity index (χ2v) is 39.7. The van der Waals surface area contributed by atoms with Gasteiger partial charge in [0, 0.05) is 119 Å². The van der Waals surface area contributed by atoms with Crippen molar-refractivity contribution >= 4 is 52.8 Å². The molecule has 16 N–H and O–H groups in total. The number of halogens is 4. The van der Waals surface area contributed by atoms with Crippen molar-refractivity contribution < 1.29 is 119 Å². The van der Waals surface area contributed by atoms with Gasteiger partial charge in [-0.3, -0.25) is 33.9 Å². The van der Waals surface area contributed by atoms with Crippen LogP contribution in [0.4, 0.5) is 14.4 Å². The van der Waals surface area contributed by atoms with E-state index in [0.717, 1.165) is 141 Å². The molecule has 0 radical (unpaired) electrons. The first-order valence-corrected chi connectivity index (χ1v) is 46.9. The van der Waals surface area contributed by atoms with Crippen molar-refractivity contribution in [3.05, 3.63) is 222 Å². The van der Waals surface area contributed by atoms with Crippen molar-refractivity contribution in [3.63, 3.8) is 0 Å². The van der Waals surface area contributed by atoms with E-state index in [9.17, 15) is 33.6 Å². The number of ether oxygens (including phenoxy) is 3. The number of nitrogens with one attached hydrogen (secondary N) is 10. The lowest BCUT2D eigenvalue weighted by atomic mass is 10.0. The zero-order valence-electron chi connectivity index (χ0n) is 81.0. The van der Waals surface area contributed by atoms with Gasteiger partial charge in [-0.2, -0.15) is 0 Å². The van der Waals surface area contributed by atoms with Crippen LogP contribution < -0.4 is 113 Å². The van der Waals surface area contributed by atoms with Crippen LogP contribution in [0.15, 0.2) is 188 Å². The maximum atomic E-state index is 13.1. The number of rotatable bonds is 27. The molecule has 0 saturated carbocycles. The van der Waals surface area contributed by atoms with Crippen LogP contribution in [0.25, 0.3) is 10.9 Å². The van der Waals surface area contributed by atoms with E-state index in [2.05, 4.69) is 211 Å². The Morgan fingerprint density at radius 2 is 0.788 bits per heavy atom. The van der Waals surface area contributed by atoms with E-state index in [1.165, 1.54) is 53.9 Å². The molecule has 0 spiro atoms. The number of nitrogens with zero attached hydrogens (tertiary/aromatic N) is 4. The average Bonchev–Trinajstić information content (AvgIpc) is 1.68. The van der Waals surface area contributed by atoms with Gasteiger partial charge in [0.05, 0.1) is 37.6 Å². The SMILES string of the molecule is CC(C)(C)OC(=O)NC1CCN(Cc2ccccc2)C1.CC(C)(C)OC(=O)NC1CCNC1.CC(C)CC(NC(=O)OC(C)(C)C)C(=O)NC1CCN(Cc2ccccc2)C1.CC(C)CC(NC(=O)c1ccc2ccccc2n1)C(=O)NC1CCN(Cc2ccccc2)C1.CC(C)CC([NH3+])C(=O)NC1CC[NH+](Cc2ccccc2)C1.[Cl-].[Cl-].[Cl-].[Cl-].[NH3+]C1CC[NH+](Cc2ccccc2)C1. The number of pyridine rings is 1. The number of quaternary nitrogens is 4. The maximum absolute atomic E-state index is 13.1. The Labute approximate surface area is 812 Å². The molecule has 7 heterocycles. The van der Waals surface area contributed by atoms with E-state index >= 15 is 0 Å². The zero-order valence-corrected chi connectivity index (χ0v) is 84.0. The Morgan fingerprint density at radius 3 is 1.19 bits per heavy atom. The van der Waals surface area contributed by atoms with Crippen molar-refractivity contribution in [2.45, 2.75) is 266 Å². The molecule has 132 heavy (non-hydrogen) atoms. The van der Waals surface area contributed by atoms with E-state index in [1.54, 1.807) is 15.9 Å². The minimum Gasteiger partial charge on any atom is -1.00 e. The van der Waals surface area contributed by atoms with Crippen LogP contribution in [0.2, 0.25) is 0 Å². The van der Waals surface area contributed by atoms with Gasteiger partial charge in [0.25, 0.3) is 11.8 Å². The molecule has 6 aliphatic rings. The number of carbonyl (C=O) groups excluding carboxylic acids is 7. The summed E-state index contributed by atoms with van der Waals surface area (Å²) in [5, 5.41) is 25.0. The molecule has 732 valence electrons. The molecular weight excluding hydrogens is 1750 g/mol. The van der Waals surface area contributed by atoms with Crippen molar-refractivity contribution in [1.82, 2.24) is 62.2 Å². The van der Waals surface area contributed by atoms with Crippen LogP contribution in [-0.4, -0.2) is 211 Å². The highest BCUT2D eigenvalue weighted by molar-refractivity contribution is 5.98. The van der Waals surface area contributed by atoms with E-state index in [0.29, 0.717) is 36.5 Å². The van der Waals surface area contributed by atoms with Gasteiger partial charge >= 0.3 is 18.3 Å². The second kappa shape index (κ2) is 59.2. The van der Waals surface area contributed by atoms with Gasteiger partial charge in [-0.1, -0.05) is 217 Å². The molecule has 13 rings (SSSR count). The Kier molecular flexibility index (Phi) is 51.8. The molecule has 6 saturated heterocycles. The number of carbonyl (C=O) groups is 7. The standard InChI is InChI=1S/C27H32N4O2.C22H35N3O3.C17H27N3O.C16H24N2O2.C11H16N2.C9H18N2O2.4ClH/c1-19(2)16-25(30-26(32)24-13-12-21-10-6-7-11-23(21)29-24)27(33)28-22-14-15-31(18-22)17-20-8-4-3-5-9-20;1-16(2)13-19(24-21(27)28-22(3,4)5)20(26)23-18-11-12-25(15-18)14-17-9-7-6-8-10-17;1-13(2)10-16(18)17(21)19-15-8-9-20(12-15)11-14-6-4-3-5-7-14;1-16(2,3)20-15(19)17-14-9-10-18(12-14)11-13-7-5-4-6-8-13;12-11-6-7-13(9-11)8-10-4-2-1-3-5-10;1-9(2,3)13-8(12)11-7-4-5-10-6-7;;;;/h3-13,19,22,25H,14-18H2,1-2H3,(H,28,33)(H,30,32);6-10,16,18-19H,11-15H2,1-5H3,(H,23,26)(H,24,27);3-7,13,15-16H,8-12,18H2,1-2H3,(H,19,21);4-8,14H,9-12H2,1-3H3,(H,17,19);1-5,11H,6-9,12H2;7,10H,4-6H2,1-3H3,(H,11,12);4*1H. The molecule has 11 atom stereocenters. The fourth-order valence-electron chi connectivity index (χ4n) is 16.6. The molecule has 6 aliphatic heterocycles. The van der Waals surface area contributed by atoms with E-state index in [1.807, 2.05) is 149 Å². The third-order valence-electron chi connectivity index (χ3n) is 22.6. The van der Waals surface area contributed by atoms with Crippen molar-refractivity contribution in [1.29, 1.82) is 0 Å². The minimum absolute atomic E-state index is 0. The summed E-state index contributed by atoms with van der Waals surface area (Å²) in [6, 6.07) is 64.0. The largest absolute Gasteiger partial charge is 1.00 e. The lowest BCUT2D eigenvalue weighted by molar-refractivity contribution is -0.905. The molecule has 1 aromatic heterocycles. The van der Waals surface area contributed by atoms with E-state index < -0.39 is 35.0 Å². The molecule has 26 nitrogen and oxygen atoms in total. The number of benzene rings is 6. The monoisotopic (exact) mass is 1910 g/mol. The fraction of sp³-hybridized carbons (Fsp3) is 0.549. The first kappa shape index (κ1) is 116. The molecule has 7 amide bonds. The lowest BCUT2D eigenvalue weighted by Gasteiger charge is -2.25. The summed E-state index contributed by atoms with van der Waals surface area (Å²) >= 11 is 0.